The Labute approximate surface area is 117 Å². The summed E-state index contributed by atoms with van der Waals surface area (Å²) in [6.07, 6.45) is 6.96. The molecular formula is C17H26N2. The number of nitrogens with one attached hydrogen (secondary N) is 1. The lowest BCUT2D eigenvalue weighted by molar-refractivity contribution is 0.272. The summed E-state index contributed by atoms with van der Waals surface area (Å²) in [5.74, 6) is 0.904. The molecule has 1 unspecified atom stereocenters. The van der Waals surface area contributed by atoms with Crippen molar-refractivity contribution in [3.05, 3.63) is 35.9 Å². The molecule has 0 amide bonds. The average Bonchev–Trinajstić information content (AvgIpc) is 3.25. The second kappa shape index (κ2) is 6.53. The van der Waals surface area contributed by atoms with E-state index in [0.29, 0.717) is 0 Å². The topological polar surface area (TPSA) is 15.3 Å². The molecular weight excluding hydrogens is 232 g/mol. The standard InChI is InChI=1S/C17H26N2/c1-2-5-16(6-3-1)14-19-11-4-7-15(10-12-19)13-18-17-8-9-17/h1-3,5-6,15,17-18H,4,7-14H2. The molecule has 1 aromatic carbocycles. The second-order valence-corrected chi connectivity index (χ2v) is 6.24. The van der Waals surface area contributed by atoms with E-state index in [4.69, 9.17) is 0 Å². The summed E-state index contributed by atoms with van der Waals surface area (Å²) in [7, 11) is 0. The monoisotopic (exact) mass is 258 g/mol. The highest BCUT2D eigenvalue weighted by Gasteiger charge is 2.23. The van der Waals surface area contributed by atoms with Crippen molar-refractivity contribution in [1.82, 2.24) is 10.2 Å². The Hall–Kier alpha value is -0.860. The zero-order valence-corrected chi connectivity index (χ0v) is 11.9. The highest BCUT2D eigenvalue weighted by Crippen LogP contribution is 2.22. The molecule has 0 bridgehead atoms. The molecule has 1 aromatic rings. The molecule has 0 aromatic heterocycles. The quantitative estimate of drug-likeness (QED) is 0.873. The van der Waals surface area contributed by atoms with Gasteiger partial charge in [0.1, 0.15) is 0 Å². The first-order chi connectivity index (χ1) is 9.40. The third-order valence-electron chi connectivity index (χ3n) is 4.46. The minimum Gasteiger partial charge on any atom is -0.314 e. The summed E-state index contributed by atoms with van der Waals surface area (Å²) >= 11 is 0. The molecule has 104 valence electrons. The number of likely N-dealkylation sites (tertiary alicyclic amines) is 1. The SMILES string of the molecule is c1ccc(CN2CCCC(CNC3CC3)CC2)cc1. The van der Waals surface area contributed by atoms with Crippen molar-refractivity contribution in [3.63, 3.8) is 0 Å². The lowest BCUT2D eigenvalue weighted by Crippen LogP contribution is -2.27. The first-order valence-electron chi connectivity index (χ1n) is 7.90. The van der Waals surface area contributed by atoms with Crippen LogP contribution in [-0.4, -0.2) is 30.6 Å². The maximum absolute atomic E-state index is 3.70. The van der Waals surface area contributed by atoms with Crippen LogP contribution in [0.1, 0.15) is 37.7 Å². The van der Waals surface area contributed by atoms with E-state index in [0.717, 1.165) is 18.5 Å². The lowest BCUT2D eigenvalue weighted by Gasteiger charge is -2.20. The van der Waals surface area contributed by atoms with Crippen LogP contribution in [0.4, 0.5) is 0 Å². The highest BCUT2D eigenvalue weighted by atomic mass is 15.1. The Kier molecular flexibility index (Phi) is 4.52. The zero-order valence-electron chi connectivity index (χ0n) is 11.9. The predicted molar refractivity (Wildman–Crippen MR) is 80.1 cm³/mol. The van der Waals surface area contributed by atoms with Gasteiger partial charge in [-0.25, -0.2) is 0 Å². The maximum atomic E-state index is 3.70. The van der Waals surface area contributed by atoms with Crippen LogP contribution < -0.4 is 5.32 Å². The molecule has 2 aliphatic rings. The third kappa shape index (κ3) is 4.32. The van der Waals surface area contributed by atoms with Crippen LogP contribution in [0.3, 0.4) is 0 Å². The van der Waals surface area contributed by atoms with Gasteiger partial charge in [-0.2, -0.15) is 0 Å². The molecule has 1 N–H and O–H groups in total. The van der Waals surface area contributed by atoms with E-state index in [-0.39, 0.29) is 0 Å². The summed E-state index contributed by atoms with van der Waals surface area (Å²) in [6.45, 7) is 4.92. The minimum absolute atomic E-state index is 0.865. The molecule has 1 heterocycles. The highest BCUT2D eigenvalue weighted by molar-refractivity contribution is 5.14. The van der Waals surface area contributed by atoms with E-state index in [2.05, 4.69) is 40.5 Å². The van der Waals surface area contributed by atoms with Crippen LogP contribution in [-0.2, 0) is 6.54 Å². The van der Waals surface area contributed by atoms with Crippen LogP contribution in [0.5, 0.6) is 0 Å². The maximum Gasteiger partial charge on any atom is 0.0233 e. The third-order valence-corrected chi connectivity index (χ3v) is 4.46. The van der Waals surface area contributed by atoms with E-state index in [9.17, 15) is 0 Å². The van der Waals surface area contributed by atoms with Gasteiger partial charge in [0.05, 0.1) is 0 Å². The molecule has 2 heteroatoms. The van der Waals surface area contributed by atoms with Gasteiger partial charge in [0.15, 0.2) is 0 Å². The largest absolute Gasteiger partial charge is 0.314 e. The molecule has 19 heavy (non-hydrogen) atoms. The molecule has 3 rings (SSSR count). The minimum atomic E-state index is 0.865. The van der Waals surface area contributed by atoms with Crippen molar-refractivity contribution in [2.75, 3.05) is 19.6 Å². The van der Waals surface area contributed by atoms with Gasteiger partial charge in [0.2, 0.25) is 0 Å². The summed E-state index contributed by atoms with van der Waals surface area (Å²) in [5.41, 5.74) is 1.46. The fourth-order valence-electron chi connectivity index (χ4n) is 3.05. The normalized spacial score (nSPS) is 25.2. The summed E-state index contributed by atoms with van der Waals surface area (Å²) in [4.78, 5) is 2.63. The van der Waals surface area contributed by atoms with Gasteiger partial charge in [-0.05, 0) is 63.2 Å². The summed E-state index contributed by atoms with van der Waals surface area (Å²) in [6, 6.07) is 11.8. The Balaban J connectivity index is 1.44. The van der Waals surface area contributed by atoms with Crippen LogP contribution in [0, 0.1) is 5.92 Å². The van der Waals surface area contributed by atoms with Crippen LogP contribution in [0.2, 0.25) is 0 Å². The Morgan fingerprint density at radius 2 is 1.84 bits per heavy atom. The Morgan fingerprint density at radius 1 is 1.00 bits per heavy atom. The average molecular weight is 258 g/mol. The lowest BCUT2D eigenvalue weighted by atomic mass is 10.0. The van der Waals surface area contributed by atoms with Gasteiger partial charge in [-0.15, -0.1) is 0 Å². The van der Waals surface area contributed by atoms with Crippen molar-refractivity contribution >= 4 is 0 Å². The van der Waals surface area contributed by atoms with Gasteiger partial charge in [0, 0.05) is 12.6 Å². The molecule has 1 atom stereocenters. The fourth-order valence-corrected chi connectivity index (χ4v) is 3.05. The van der Waals surface area contributed by atoms with Gasteiger partial charge >= 0.3 is 0 Å². The fraction of sp³-hybridized carbons (Fsp3) is 0.647. The Morgan fingerprint density at radius 3 is 2.63 bits per heavy atom. The molecule has 0 spiro atoms. The summed E-state index contributed by atoms with van der Waals surface area (Å²) < 4.78 is 0. The number of rotatable bonds is 5. The van der Waals surface area contributed by atoms with Crippen molar-refractivity contribution in [2.24, 2.45) is 5.92 Å². The molecule has 0 radical (unpaired) electrons. The number of hydrogen-bond donors (Lipinski definition) is 1. The smallest absolute Gasteiger partial charge is 0.0233 e. The van der Waals surface area contributed by atoms with E-state index < -0.39 is 0 Å². The van der Waals surface area contributed by atoms with Crippen molar-refractivity contribution in [2.45, 2.75) is 44.7 Å². The molecule has 2 nitrogen and oxygen atoms in total. The van der Waals surface area contributed by atoms with Gasteiger partial charge in [-0.1, -0.05) is 30.3 Å². The molecule has 2 fully saturated rings. The van der Waals surface area contributed by atoms with Gasteiger partial charge < -0.3 is 5.32 Å². The van der Waals surface area contributed by atoms with E-state index in [1.165, 1.54) is 57.3 Å². The number of hydrogen-bond acceptors (Lipinski definition) is 2. The van der Waals surface area contributed by atoms with Gasteiger partial charge in [0.25, 0.3) is 0 Å². The van der Waals surface area contributed by atoms with Gasteiger partial charge in [-0.3, -0.25) is 4.90 Å². The summed E-state index contributed by atoms with van der Waals surface area (Å²) in [5, 5.41) is 3.70. The van der Waals surface area contributed by atoms with Crippen LogP contribution in [0.25, 0.3) is 0 Å². The van der Waals surface area contributed by atoms with Crippen molar-refractivity contribution < 1.29 is 0 Å². The predicted octanol–water partition coefficient (Wildman–Crippen LogP) is 3.04. The van der Waals surface area contributed by atoms with E-state index in [1.54, 1.807) is 0 Å². The zero-order chi connectivity index (χ0) is 12.9. The first-order valence-corrected chi connectivity index (χ1v) is 7.90. The second-order valence-electron chi connectivity index (χ2n) is 6.24. The molecule has 1 aliphatic heterocycles. The number of benzene rings is 1. The van der Waals surface area contributed by atoms with Crippen molar-refractivity contribution in [3.8, 4) is 0 Å². The van der Waals surface area contributed by atoms with Crippen molar-refractivity contribution in [1.29, 1.82) is 0 Å². The molecule has 1 saturated carbocycles. The van der Waals surface area contributed by atoms with Crippen LogP contribution in [0.15, 0.2) is 30.3 Å². The Bertz CT molecular complexity index is 372. The van der Waals surface area contributed by atoms with E-state index >= 15 is 0 Å². The van der Waals surface area contributed by atoms with Crippen LogP contribution >= 0.6 is 0 Å². The number of nitrogens with zero attached hydrogens (tertiary/aromatic N) is 1. The molecule has 1 saturated heterocycles. The first kappa shape index (κ1) is 13.1. The van der Waals surface area contributed by atoms with E-state index in [1.807, 2.05) is 0 Å². The molecule has 1 aliphatic carbocycles.